The molecule has 0 saturated heterocycles. The van der Waals surface area contributed by atoms with Crippen LogP contribution in [0.25, 0.3) is 5.65 Å². The molecule has 17 heavy (non-hydrogen) atoms. The molecule has 0 radical (unpaired) electrons. The minimum atomic E-state index is 0.0439. The van der Waals surface area contributed by atoms with E-state index < -0.39 is 0 Å². The van der Waals surface area contributed by atoms with Gasteiger partial charge in [-0.1, -0.05) is 6.07 Å². The Bertz CT molecular complexity index is 579. The first-order valence-electron chi connectivity index (χ1n) is 5.40. The van der Waals surface area contributed by atoms with Crippen LogP contribution in [0.5, 0.6) is 0 Å². The largest absolute Gasteiger partial charge is 0.347 e. The second-order valence-corrected chi connectivity index (χ2v) is 3.78. The highest BCUT2D eigenvalue weighted by Gasteiger charge is 2.10. The van der Waals surface area contributed by atoms with Gasteiger partial charge in [-0.05, 0) is 19.1 Å². The Balaban J connectivity index is 1.85. The van der Waals surface area contributed by atoms with Crippen molar-refractivity contribution in [3.63, 3.8) is 0 Å². The van der Waals surface area contributed by atoms with Crippen LogP contribution >= 0.6 is 0 Å². The van der Waals surface area contributed by atoms with Crippen LogP contribution in [0.3, 0.4) is 0 Å². The summed E-state index contributed by atoms with van der Waals surface area (Å²) in [5, 5.41) is 7.51. The van der Waals surface area contributed by atoms with Gasteiger partial charge in [0, 0.05) is 18.6 Å². The fraction of sp³-hybridized carbons (Fsp3) is 0.182. The number of imidazole rings is 1. The van der Waals surface area contributed by atoms with Crippen LogP contribution in [-0.2, 0) is 0 Å². The van der Waals surface area contributed by atoms with E-state index in [9.17, 15) is 0 Å². The lowest BCUT2D eigenvalue weighted by atomic mass is 10.3. The predicted molar refractivity (Wildman–Crippen MR) is 63.6 cm³/mol. The van der Waals surface area contributed by atoms with Gasteiger partial charge < -0.3 is 10.3 Å². The molecule has 0 aliphatic carbocycles. The van der Waals surface area contributed by atoms with Gasteiger partial charge in [0.15, 0.2) is 5.65 Å². The Labute approximate surface area is 97.7 Å². The molecule has 86 valence electrons. The average Bonchev–Trinajstić information content (AvgIpc) is 2.97. The van der Waals surface area contributed by atoms with Gasteiger partial charge >= 0.3 is 0 Å². The summed E-state index contributed by atoms with van der Waals surface area (Å²) in [6.45, 7) is 2.00. The highest BCUT2D eigenvalue weighted by molar-refractivity contribution is 5.43. The summed E-state index contributed by atoms with van der Waals surface area (Å²) in [5.41, 5.74) is 0.821. The number of aromatic nitrogens is 5. The summed E-state index contributed by atoms with van der Waals surface area (Å²) in [4.78, 5) is 11.6. The minimum absolute atomic E-state index is 0.0439. The number of hydrogen-bond donors (Lipinski definition) is 2. The SMILES string of the molecule is CC(Nc1nc2ccccn2n1)c1ncc[nH]1. The molecule has 3 aromatic heterocycles. The van der Waals surface area contributed by atoms with E-state index in [0.29, 0.717) is 5.95 Å². The van der Waals surface area contributed by atoms with E-state index in [-0.39, 0.29) is 6.04 Å². The van der Waals surface area contributed by atoms with E-state index in [1.807, 2.05) is 31.3 Å². The van der Waals surface area contributed by atoms with Crippen LogP contribution in [-0.4, -0.2) is 24.6 Å². The maximum atomic E-state index is 4.36. The van der Waals surface area contributed by atoms with Crippen molar-refractivity contribution in [2.45, 2.75) is 13.0 Å². The summed E-state index contributed by atoms with van der Waals surface area (Å²) >= 11 is 0. The maximum absolute atomic E-state index is 4.36. The number of H-pyrrole nitrogens is 1. The Kier molecular flexibility index (Phi) is 2.25. The van der Waals surface area contributed by atoms with Gasteiger partial charge in [-0.25, -0.2) is 9.50 Å². The fourth-order valence-corrected chi connectivity index (χ4v) is 1.67. The van der Waals surface area contributed by atoms with Gasteiger partial charge in [-0.2, -0.15) is 4.98 Å². The lowest BCUT2D eigenvalue weighted by molar-refractivity contribution is 0.793. The Morgan fingerprint density at radius 2 is 2.35 bits per heavy atom. The molecule has 0 aliphatic rings. The molecular weight excluding hydrogens is 216 g/mol. The molecule has 0 aromatic carbocycles. The minimum Gasteiger partial charge on any atom is -0.347 e. The van der Waals surface area contributed by atoms with E-state index in [4.69, 9.17) is 0 Å². The van der Waals surface area contributed by atoms with Crippen LogP contribution in [0.1, 0.15) is 18.8 Å². The lowest BCUT2D eigenvalue weighted by Crippen LogP contribution is -2.09. The molecule has 6 nitrogen and oxygen atoms in total. The lowest BCUT2D eigenvalue weighted by Gasteiger charge is -2.08. The van der Waals surface area contributed by atoms with Crippen LogP contribution in [0.4, 0.5) is 5.95 Å². The first-order valence-corrected chi connectivity index (χ1v) is 5.40. The molecule has 0 spiro atoms. The highest BCUT2D eigenvalue weighted by Crippen LogP contribution is 2.13. The van der Waals surface area contributed by atoms with Crippen molar-refractivity contribution in [3.8, 4) is 0 Å². The number of hydrogen-bond acceptors (Lipinski definition) is 4. The van der Waals surface area contributed by atoms with E-state index in [2.05, 4.69) is 25.4 Å². The van der Waals surface area contributed by atoms with Crippen LogP contribution in [0.15, 0.2) is 36.8 Å². The fourth-order valence-electron chi connectivity index (χ4n) is 1.67. The van der Waals surface area contributed by atoms with Crippen molar-refractivity contribution in [1.82, 2.24) is 24.6 Å². The normalized spacial score (nSPS) is 12.8. The monoisotopic (exact) mass is 228 g/mol. The molecule has 3 aromatic rings. The van der Waals surface area contributed by atoms with Gasteiger partial charge in [-0.3, -0.25) is 0 Å². The second kappa shape index (κ2) is 3.89. The van der Waals surface area contributed by atoms with Gasteiger partial charge in [0.1, 0.15) is 5.82 Å². The van der Waals surface area contributed by atoms with Crippen molar-refractivity contribution in [2.75, 3.05) is 5.32 Å². The summed E-state index contributed by atoms with van der Waals surface area (Å²) in [6.07, 6.45) is 5.39. The number of nitrogens with zero attached hydrogens (tertiary/aromatic N) is 4. The molecule has 0 amide bonds. The zero-order valence-electron chi connectivity index (χ0n) is 9.33. The number of anilines is 1. The molecule has 2 N–H and O–H groups in total. The van der Waals surface area contributed by atoms with Crippen molar-refractivity contribution in [3.05, 3.63) is 42.6 Å². The number of nitrogens with one attached hydrogen (secondary N) is 2. The quantitative estimate of drug-likeness (QED) is 0.714. The Morgan fingerprint density at radius 1 is 1.41 bits per heavy atom. The van der Waals surface area contributed by atoms with Gasteiger partial charge in [-0.15, -0.1) is 5.10 Å². The molecule has 1 atom stereocenters. The predicted octanol–water partition coefficient (Wildman–Crippen LogP) is 1.63. The zero-order chi connectivity index (χ0) is 11.7. The first kappa shape index (κ1) is 9.83. The molecule has 0 bridgehead atoms. The van der Waals surface area contributed by atoms with Gasteiger partial charge in [0.05, 0.1) is 6.04 Å². The molecule has 0 aliphatic heterocycles. The summed E-state index contributed by atoms with van der Waals surface area (Å²) in [6, 6.07) is 5.81. The number of aromatic amines is 1. The zero-order valence-corrected chi connectivity index (χ0v) is 9.33. The standard InChI is InChI=1S/C11H12N6/c1-8(10-12-5-6-13-10)14-11-15-9-4-2-3-7-17(9)16-11/h2-8H,1H3,(H,12,13)(H,14,16). The third kappa shape index (κ3) is 1.84. The molecule has 1 unspecified atom stereocenters. The molecule has 6 heteroatoms. The number of rotatable bonds is 3. The van der Waals surface area contributed by atoms with Crippen molar-refractivity contribution < 1.29 is 0 Å². The van der Waals surface area contributed by atoms with Crippen LogP contribution < -0.4 is 5.32 Å². The third-order valence-corrected chi connectivity index (χ3v) is 2.52. The van der Waals surface area contributed by atoms with Crippen molar-refractivity contribution in [1.29, 1.82) is 0 Å². The molecule has 3 rings (SSSR count). The molecule has 0 saturated carbocycles. The molecular formula is C11H12N6. The molecule has 0 fully saturated rings. The number of pyridine rings is 1. The van der Waals surface area contributed by atoms with Crippen molar-refractivity contribution >= 4 is 11.6 Å². The van der Waals surface area contributed by atoms with E-state index in [0.717, 1.165) is 11.5 Å². The average molecular weight is 228 g/mol. The maximum Gasteiger partial charge on any atom is 0.243 e. The summed E-state index contributed by atoms with van der Waals surface area (Å²) in [5.74, 6) is 1.46. The smallest absolute Gasteiger partial charge is 0.243 e. The third-order valence-electron chi connectivity index (χ3n) is 2.52. The van der Waals surface area contributed by atoms with Gasteiger partial charge in [0.25, 0.3) is 0 Å². The van der Waals surface area contributed by atoms with E-state index >= 15 is 0 Å². The topological polar surface area (TPSA) is 70.9 Å². The summed E-state index contributed by atoms with van der Waals surface area (Å²) < 4.78 is 1.73. The number of fused-ring (bicyclic) bond motifs is 1. The Hall–Kier alpha value is -2.37. The van der Waals surface area contributed by atoms with Gasteiger partial charge in [0.2, 0.25) is 5.95 Å². The first-order chi connectivity index (χ1) is 8.33. The second-order valence-electron chi connectivity index (χ2n) is 3.78. The van der Waals surface area contributed by atoms with Crippen LogP contribution in [0.2, 0.25) is 0 Å². The van der Waals surface area contributed by atoms with E-state index in [1.165, 1.54) is 0 Å². The highest BCUT2D eigenvalue weighted by atomic mass is 15.3. The summed E-state index contributed by atoms with van der Waals surface area (Å²) in [7, 11) is 0. The van der Waals surface area contributed by atoms with Crippen molar-refractivity contribution in [2.24, 2.45) is 0 Å². The van der Waals surface area contributed by atoms with Crippen LogP contribution in [0, 0.1) is 0 Å². The van der Waals surface area contributed by atoms with E-state index in [1.54, 1.807) is 16.9 Å². The molecule has 3 heterocycles. The Morgan fingerprint density at radius 3 is 3.12 bits per heavy atom.